The standard InChI is InChI=1S/C37H40F6O3/c1-3-5-20-45-31-19-17-29(35(41)37(31)43)24-10-13-26(14-11-24)46-21-25-12-15-27(33(39)32(25)38)22-6-8-23(9-7-22)28-16-18-30(44-4-2)36(42)34(28)40/h10,12,15-19,22-23,26H,3-9,11,13-14,20-21H2,1-2H3. The van der Waals surface area contributed by atoms with Gasteiger partial charge in [-0.2, -0.15) is 8.78 Å². The van der Waals surface area contributed by atoms with E-state index in [2.05, 4.69) is 0 Å². The van der Waals surface area contributed by atoms with Crippen molar-refractivity contribution in [2.45, 2.75) is 96.2 Å². The summed E-state index contributed by atoms with van der Waals surface area (Å²) in [4.78, 5) is 0. The monoisotopic (exact) mass is 646 g/mol. The van der Waals surface area contributed by atoms with Gasteiger partial charge in [-0.15, -0.1) is 0 Å². The summed E-state index contributed by atoms with van der Waals surface area (Å²) in [6.45, 7) is 4.09. The number of rotatable bonds is 12. The third-order valence-corrected chi connectivity index (χ3v) is 9.16. The van der Waals surface area contributed by atoms with Gasteiger partial charge in [-0.3, -0.25) is 0 Å². The van der Waals surface area contributed by atoms with Crippen LogP contribution >= 0.6 is 0 Å². The molecule has 0 saturated heterocycles. The summed E-state index contributed by atoms with van der Waals surface area (Å²) in [7, 11) is 0. The van der Waals surface area contributed by atoms with E-state index >= 15 is 8.78 Å². The Morgan fingerprint density at radius 3 is 1.89 bits per heavy atom. The molecule has 1 unspecified atom stereocenters. The first-order chi connectivity index (χ1) is 22.2. The van der Waals surface area contributed by atoms with Crippen LogP contribution < -0.4 is 9.47 Å². The van der Waals surface area contributed by atoms with Gasteiger partial charge in [0.2, 0.25) is 11.6 Å². The van der Waals surface area contributed by atoms with Gasteiger partial charge >= 0.3 is 0 Å². The Bertz CT molecular complexity index is 1550. The van der Waals surface area contributed by atoms with E-state index in [0.717, 1.165) is 12.8 Å². The molecule has 0 N–H and O–H groups in total. The van der Waals surface area contributed by atoms with Gasteiger partial charge in [-0.1, -0.05) is 37.6 Å². The van der Waals surface area contributed by atoms with E-state index < -0.39 is 34.9 Å². The molecule has 2 aliphatic rings. The van der Waals surface area contributed by atoms with E-state index in [1.165, 1.54) is 24.3 Å². The Hall–Kier alpha value is -3.46. The molecule has 0 heterocycles. The van der Waals surface area contributed by atoms with Crippen molar-refractivity contribution in [1.29, 1.82) is 0 Å². The zero-order valence-electron chi connectivity index (χ0n) is 26.3. The molecule has 0 aliphatic heterocycles. The maximum absolute atomic E-state index is 15.3. The number of hydrogen-bond donors (Lipinski definition) is 0. The maximum Gasteiger partial charge on any atom is 0.201 e. The molecular formula is C37H40F6O3. The van der Waals surface area contributed by atoms with Crippen LogP contribution in [-0.4, -0.2) is 19.3 Å². The molecule has 1 fully saturated rings. The predicted molar refractivity (Wildman–Crippen MR) is 165 cm³/mol. The molecule has 2 aliphatic carbocycles. The molecule has 0 amide bonds. The number of halogens is 6. The molecule has 1 atom stereocenters. The normalized spacial score (nSPS) is 20.0. The Morgan fingerprint density at radius 1 is 0.652 bits per heavy atom. The molecule has 3 aromatic rings. The minimum absolute atomic E-state index is 0.100. The van der Waals surface area contributed by atoms with Crippen molar-refractivity contribution in [3.05, 3.63) is 99.6 Å². The molecule has 46 heavy (non-hydrogen) atoms. The van der Waals surface area contributed by atoms with Gasteiger partial charge in [0.15, 0.2) is 34.8 Å². The molecule has 0 radical (unpaired) electrons. The zero-order chi connectivity index (χ0) is 32.8. The lowest BCUT2D eigenvalue weighted by Gasteiger charge is -2.30. The second kappa shape index (κ2) is 15.4. The lowest BCUT2D eigenvalue weighted by Crippen LogP contribution is -2.17. The lowest BCUT2D eigenvalue weighted by molar-refractivity contribution is 0.0342. The number of benzene rings is 3. The van der Waals surface area contributed by atoms with E-state index in [9.17, 15) is 17.6 Å². The fourth-order valence-electron chi connectivity index (χ4n) is 6.51. The van der Waals surface area contributed by atoms with Crippen LogP contribution in [0.4, 0.5) is 26.3 Å². The van der Waals surface area contributed by atoms with Crippen LogP contribution in [0.5, 0.6) is 11.5 Å². The van der Waals surface area contributed by atoms with Crippen LogP contribution in [0.15, 0.2) is 42.5 Å². The highest BCUT2D eigenvalue weighted by atomic mass is 19.2. The topological polar surface area (TPSA) is 27.7 Å². The van der Waals surface area contributed by atoms with Crippen molar-refractivity contribution >= 4 is 5.57 Å². The van der Waals surface area contributed by atoms with Crippen LogP contribution in [0, 0.1) is 34.9 Å². The van der Waals surface area contributed by atoms with Gasteiger partial charge in [0.25, 0.3) is 0 Å². The van der Waals surface area contributed by atoms with Gasteiger partial charge in [0, 0.05) is 11.1 Å². The lowest BCUT2D eigenvalue weighted by atomic mass is 9.75. The highest BCUT2D eigenvalue weighted by molar-refractivity contribution is 5.67. The Morgan fingerprint density at radius 2 is 1.26 bits per heavy atom. The first-order valence-electron chi connectivity index (χ1n) is 16.2. The Balaban J connectivity index is 1.15. The second-order valence-corrected chi connectivity index (χ2v) is 12.1. The third kappa shape index (κ3) is 7.40. The van der Waals surface area contributed by atoms with Crippen molar-refractivity contribution in [3.8, 4) is 11.5 Å². The Labute approximate surface area is 266 Å². The smallest absolute Gasteiger partial charge is 0.201 e. The van der Waals surface area contributed by atoms with Crippen LogP contribution in [-0.2, 0) is 11.3 Å². The van der Waals surface area contributed by atoms with Crippen LogP contribution in [0.1, 0.15) is 106 Å². The van der Waals surface area contributed by atoms with Crippen molar-refractivity contribution in [2.75, 3.05) is 13.2 Å². The number of hydrogen-bond acceptors (Lipinski definition) is 3. The predicted octanol–water partition coefficient (Wildman–Crippen LogP) is 10.7. The van der Waals surface area contributed by atoms with Crippen molar-refractivity contribution in [1.82, 2.24) is 0 Å². The average molecular weight is 647 g/mol. The van der Waals surface area contributed by atoms with E-state index in [-0.39, 0.29) is 64.9 Å². The molecule has 0 aromatic heterocycles. The molecule has 0 bridgehead atoms. The SMILES string of the molecule is CCCCOc1ccc(C2=CCC(OCc3ccc(C4CCC(c5ccc(OCC)c(F)c5F)CC4)c(F)c3F)CC2)c(F)c1F. The molecule has 5 rings (SSSR count). The molecular weight excluding hydrogens is 606 g/mol. The fourth-order valence-corrected chi connectivity index (χ4v) is 6.51. The second-order valence-electron chi connectivity index (χ2n) is 12.1. The van der Waals surface area contributed by atoms with Gasteiger partial charge in [0.1, 0.15) is 0 Å². The minimum Gasteiger partial charge on any atom is -0.491 e. The largest absolute Gasteiger partial charge is 0.491 e. The summed E-state index contributed by atoms with van der Waals surface area (Å²) in [6, 6.07) is 9.08. The van der Waals surface area contributed by atoms with E-state index in [0.29, 0.717) is 57.1 Å². The third-order valence-electron chi connectivity index (χ3n) is 9.16. The summed E-state index contributed by atoms with van der Waals surface area (Å²) >= 11 is 0. The molecule has 3 nitrogen and oxygen atoms in total. The first kappa shape index (κ1) is 33.9. The number of unbranched alkanes of at least 4 members (excludes halogenated alkanes) is 1. The molecule has 3 aromatic carbocycles. The van der Waals surface area contributed by atoms with Gasteiger partial charge < -0.3 is 14.2 Å². The summed E-state index contributed by atoms with van der Waals surface area (Å²) in [5.41, 5.74) is 1.52. The van der Waals surface area contributed by atoms with Crippen LogP contribution in [0.25, 0.3) is 5.57 Å². The van der Waals surface area contributed by atoms with Gasteiger partial charge in [-0.05, 0) is 105 Å². The van der Waals surface area contributed by atoms with Crippen molar-refractivity contribution < 1.29 is 40.6 Å². The van der Waals surface area contributed by atoms with Crippen molar-refractivity contribution in [2.24, 2.45) is 0 Å². The molecule has 248 valence electrons. The van der Waals surface area contributed by atoms with Gasteiger partial charge in [-0.25, -0.2) is 17.6 Å². The fraction of sp³-hybridized carbons (Fsp3) is 0.459. The summed E-state index contributed by atoms with van der Waals surface area (Å²) < 4.78 is 105. The van der Waals surface area contributed by atoms with E-state index in [4.69, 9.17) is 14.2 Å². The van der Waals surface area contributed by atoms with Crippen LogP contribution in [0.3, 0.4) is 0 Å². The quantitative estimate of drug-likeness (QED) is 0.145. The first-order valence-corrected chi connectivity index (χ1v) is 16.2. The number of allylic oxidation sites excluding steroid dienone is 1. The highest BCUT2D eigenvalue weighted by Gasteiger charge is 2.30. The molecule has 0 spiro atoms. The minimum atomic E-state index is -1.00. The molecule has 9 heteroatoms. The summed E-state index contributed by atoms with van der Waals surface area (Å²) in [5.74, 6) is -6.39. The van der Waals surface area contributed by atoms with E-state index in [1.807, 2.05) is 6.92 Å². The van der Waals surface area contributed by atoms with Gasteiger partial charge in [0.05, 0.1) is 25.9 Å². The average Bonchev–Trinajstić information content (AvgIpc) is 3.07. The van der Waals surface area contributed by atoms with Crippen molar-refractivity contribution in [3.63, 3.8) is 0 Å². The zero-order valence-corrected chi connectivity index (χ0v) is 26.3. The summed E-state index contributed by atoms with van der Waals surface area (Å²) in [6.07, 6.45) is 6.61. The van der Waals surface area contributed by atoms with Crippen LogP contribution in [0.2, 0.25) is 0 Å². The molecule has 1 saturated carbocycles. The number of ether oxygens (including phenoxy) is 3. The summed E-state index contributed by atoms with van der Waals surface area (Å²) in [5, 5.41) is 0. The maximum atomic E-state index is 15.3. The highest BCUT2D eigenvalue weighted by Crippen LogP contribution is 2.43. The van der Waals surface area contributed by atoms with E-state index in [1.54, 1.807) is 25.1 Å². The Kier molecular flexibility index (Phi) is 11.4.